The second kappa shape index (κ2) is 5.62. The van der Waals surface area contributed by atoms with Crippen LogP contribution in [0.25, 0.3) is 16.6 Å². The molecule has 0 saturated carbocycles. The summed E-state index contributed by atoms with van der Waals surface area (Å²) >= 11 is 6.39. The predicted octanol–water partition coefficient (Wildman–Crippen LogP) is 4.50. The molecule has 4 heteroatoms. The summed E-state index contributed by atoms with van der Waals surface area (Å²) in [6, 6.07) is 15.3. The SMILES string of the molecule is CCOc1ccc(-n2c(Cl)c(C=O)c3ccccc32)cc1. The van der Waals surface area contributed by atoms with Crippen molar-refractivity contribution >= 4 is 28.8 Å². The van der Waals surface area contributed by atoms with Crippen molar-refractivity contribution in [2.45, 2.75) is 6.92 Å². The van der Waals surface area contributed by atoms with E-state index in [2.05, 4.69) is 0 Å². The highest BCUT2D eigenvalue weighted by atomic mass is 35.5. The fraction of sp³-hybridized carbons (Fsp3) is 0.118. The molecular formula is C17H14ClNO2. The van der Waals surface area contributed by atoms with Gasteiger partial charge in [-0.25, -0.2) is 0 Å². The lowest BCUT2D eigenvalue weighted by Gasteiger charge is -2.09. The van der Waals surface area contributed by atoms with Gasteiger partial charge in [0.2, 0.25) is 0 Å². The number of carbonyl (C=O) groups is 1. The van der Waals surface area contributed by atoms with Gasteiger partial charge < -0.3 is 4.74 Å². The highest BCUT2D eigenvalue weighted by molar-refractivity contribution is 6.34. The summed E-state index contributed by atoms with van der Waals surface area (Å²) in [7, 11) is 0. The van der Waals surface area contributed by atoms with Gasteiger partial charge in [0.1, 0.15) is 10.9 Å². The molecule has 1 heterocycles. The van der Waals surface area contributed by atoms with E-state index in [0.29, 0.717) is 17.3 Å². The maximum atomic E-state index is 11.3. The highest BCUT2D eigenvalue weighted by Gasteiger charge is 2.15. The van der Waals surface area contributed by atoms with Crippen LogP contribution in [0.2, 0.25) is 5.15 Å². The smallest absolute Gasteiger partial charge is 0.153 e. The molecule has 21 heavy (non-hydrogen) atoms. The molecule has 0 atom stereocenters. The van der Waals surface area contributed by atoms with Crippen LogP contribution in [0.15, 0.2) is 48.5 Å². The van der Waals surface area contributed by atoms with E-state index < -0.39 is 0 Å². The molecular weight excluding hydrogens is 286 g/mol. The van der Waals surface area contributed by atoms with E-state index >= 15 is 0 Å². The monoisotopic (exact) mass is 299 g/mol. The molecule has 0 radical (unpaired) electrons. The number of para-hydroxylation sites is 1. The normalized spacial score (nSPS) is 10.8. The van der Waals surface area contributed by atoms with Gasteiger partial charge in [-0.05, 0) is 37.3 Å². The number of hydrogen-bond acceptors (Lipinski definition) is 2. The zero-order valence-corrected chi connectivity index (χ0v) is 12.3. The van der Waals surface area contributed by atoms with Crippen molar-refractivity contribution in [1.29, 1.82) is 0 Å². The van der Waals surface area contributed by atoms with Crippen molar-refractivity contribution in [2.75, 3.05) is 6.61 Å². The van der Waals surface area contributed by atoms with Crippen molar-refractivity contribution in [2.24, 2.45) is 0 Å². The van der Waals surface area contributed by atoms with Gasteiger partial charge in [0.25, 0.3) is 0 Å². The first-order valence-corrected chi connectivity index (χ1v) is 7.11. The third-order valence-electron chi connectivity index (χ3n) is 3.38. The van der Waals surface area contributed by atoms with E-state index in [4.69, 9.17) is 16.3 Å². The first kappa shape index (κ1) is 13.7. The van der Waals surface area contributed by atoms with E-state index in [-0.39, 0.29) is 0 Å². The minimum absolute atomic E-state index is 0.426. The standard InChI is InChI=1S/C17H14ClNO2/c1-2-21-13-9-7-12(8-10-13)19-16-6-4-3-5-14(16)15(11-20)17(19)18/h3-11H,2H2,1H3. The van der Waals surface area contributed by atoms with Gasteiger partial charge in [-0.3, -0.25) is 9.36 Å². The fourth-order valence-corrected chi connectivity index (χ4v) is 2.79. The number of carbonyl (C=O) groups excluding carboxylic acids is 1. The lowest BCUT2D eigenvalue weighted by Crippen LogP contribution is -1.95. The molecule has 0 unspecified atom stereocenters. The molecule has 0 bridgehead atoms. The first-order valence-electron chi connectivity index (χ1n) is 6.73. The van der Waals surface area contributed by atoms with E-state index in [1.807, 2.05) is 60.0 Å². The van der Waals surface area contributed by atoms with Gasteiger partial charge in [-0.2, -0.15) is 0 Å². The van der Waals surface area contributed by atoms with Crippen LogP contribution in [0.4, 0.5) is 0 Å². The molecule has 0 aliphatic heterocycles. The molecule has 3 nitrogen and oxygen atoms in total. The van der Waals surface area contributed by atoms with Crippen LogP contribution in [0.5, 0.6) is 5.75 Å². The Morgan fingerprint density at radius 2 is 1.86 bits per heavy atom. The van der Waals surface area contributed by atoms with Crippen LogP contribution in [-0.2, 0) is 0 Å². The Morgan fingerprint density at radius 3 is 2.52 bits per heavy atom. The number of halogens is 1. The van der Waals surface area contributed by atoms with Gasteiger partial charge in [-0.1, -0.05) is 29.8 Å². The van der Waals surface area contributed by atoms with Crippen LogP contribution in [0.3, 0.4) is 0 Å². The van der Waals surface area contributed by atoms with Crippen LogP contribution < -0.4 is 4.74 Å². The molecule has 106 valence electrons. The van der Waals surface area contributed by atoms with Crippen molar-refractivity contribution in [1.82, 2.24) is 4.57 Å². The topological polar surface area (TPSA) is 31.2 Å². The average molecular weight is 300 g/mol. The summed E-state index contributed by atoms with van der Waals surface area (Å²) in [5.74, 6) is 0.810. The van der Waals surface area contributed by atoms with E-state index in [1.54, 1.807) is 0 Å². The third kappa shape index (κ3) is 2.30. The molecule has 0 amide bonds. The summed E-state index contributed by atoms with van der Waals surface area (Å²) in [6.07, 6.45) is 0.801. The van der Waals surface area contributed by atoms with Crippen LogP contribution in [0.1, 0.15) is 17.3 Å². The van der Waals surface area contributed by atoms with Gasteiger partial charge in [-0.15, -0.1) is 0 Å². The Morgan fingerprint density at radius 1 is 1.14 bits per heavy atom. The maximum absolute atomic E-state index is 11.3. The molecule has 0 aliphatic carbocycles. The minimum atomic E-state index is 0.426. The van der Waals surface area contributed by atoms with Gasteiger partial charge in [0.15, 0.2) is 6.29 Å². The zero-order valence-electron chi connectivity index (χ0n) is 11.5. The van der Waals surface area contributed by atoms with Crippen LogP contribution in [-0.4, -0.2) is 17.5 Å². The summed E-state index contributed by atoms with van der Waals surface area (Å²) in [5.41, 5.74) is 2.32. The van der Waals surface area contributed by atoms with Crippen LogP contribution in [0, 0.1) is 0 Å². The number of aldehydes is 1. The largest absolute Gasteiger partial charge is 0.494 e. The quantitative estimate of drug-likeness (QED) is 0.664. The van der Waals surface area contributed by atoms with Gasteiger partial charge >= 0.3 is 0 Å². The fourth-order valence-electron chi connectivity index (χ4n) is 2.46. The van der Waals surface area contributed by atoms with Gasteiger partial charge in [0.05, 0.1) is 17.7 Å². The highest BCUT2D eigenvalue weighted by Crippen LogP contribution is 2.32. The number of nitrogens with zero attached hydrogens (tertiary/aromatic N) is 1. The molecule has 2 aromatic carbocycles. The number of rotatable bonds is 4. The number of fused-ring (bicyclic) bond motifs is 1. The molecule has 3 aromatic rings. The maximum Gasteiger partial charge on any atom is 0.153 e. The number of aromatic nitrogens is 1. The van der Waals surface area contributed by atoms with Crippen molar-refractivity contribution < 1.29 is 9.53 Å². The molecule has 0 aliphatic rings. The molecule has 3 rings (SSSR count). The molecule has 1 aromatic heterocycles. The van der Waals surface area contributed by atoms with E-state index in [9.17, 15) is 4.79 Å². The Bertz CT molecular complexity index is 790. The first-order chi connectivity index (χ1) is 10.3. The van der Waals surface area contributed by atoms with Crippen molar-refractivity contribution in [3.05, 3.63) is 59.2 Å². The lowest BCUT2D eigenvalue weighted by atomic mass is 10.2. The Kier molecular flexibility index (Phi) is 3.67. The summed E-state index contributed by atoms with van der Waals surface area (Å²) in [4.78, 5) is 11.3. The Hall–Kier alpha value is -2.26. The molecule has 0 saturated heterocycles. The molecule has 0 N–H and O–H groups in total. The zero-order chi connectivity index (χ0) is 14.8. The van der Waals surface area contributed by atoms with Gasteiger partial charge in [0, 0.05) is 11.1 Å². The van der Waals surface area contributed by atoms with Crippen molar-refractivity contribution in [3.8, 4) is 11.4 Å². The summed E-state index contributed by atoms with van der Waals surface area (Å²) in [5, 5.41) is 1.28. The second-order valence-corrected chi connectivity index (χ2v) is 4.96. The van der Waals surface area contributed by atoms with Crippen LogP contribution >= 0.6 is 11.6 Å². The van der Waals surface area contributed by atoms with E-state index in [1.165, 1.54) is 0 Å². The Labute approximate surface area is 127 Å². The minimum Gasteiger partial charge on any atom is -0.494 e. The molecule has 0 fully saturated rings. The van der Waals surface area contributed by atoms with E-state index in [0.717, 1.165) is 28.6 Å². The molecule has 0 spiro atoms. The number of hydrogen-bond donors (Lipinski definition) is 0. The number of benzene rings is 2. The van der Waals surface area contributed by atoms with Crippen molar-refractivity contribution in [3.63, 3.8) is 0 Å². The average Bonchev–Trinajstić information content (AvgIpc) is 2.80. The number of ether oxygens (including phenoxy) is 1. The predicted molar refractivity (Wildman–Crippen MR) is 84.8 cm³/mol. The Balaban J connectivity index is 2.20. The summed E-state index contributed by atoms with van der Waals surface area (Å²) < 4.78 is 7.31. The summed E-state index contributed by atoms with van der Waals surface area (Å²) in [6.45, 7) is 2.57. The third-order valence-corrected chi connectivity index (χ3v) is 3.75. The lowest BCUT2D eigenvalue weighted by molar-refractivity contribution is 0.112. The second-order valence-electron chi connectivity index (χ2n) is 4.60.